The van der Waals surface area contributed by atoms with Gasteiger partial charge in [-0.3, -0.25) is 9.59 Å². The van der Waals surface area contributed by atoms with Gasteiger partial charge in [0.2, 0.25) is 0 Å². The Labute approximate surface area is 174 Å². The SMILES string of the molecule is CCOC(=O)C1CCCN(C(=O)c2csc(COc3ccc(C)cc3OC)n2)C1. The van der Waals surface area contributed by atoms with Crippen molar-refractivity contribution in [2.45, 2.75) is 33.3 Å². The lowest BCUT2D eigenvalue weighted by molar-refractivity contribution is -0.149. The number of likely N-dealkylation sites (tertiary alicyclic amines) is 1. The number of aryl methyl sites for hydroxylation is 1. The molecular formula is C21H26N2O5S. The number of amides is 1. The maximum atomic E-state index is 12.8. The summed E-state index contributed by atoms with van der Waals surface area (Å²) in [4.78, 5) is 30.9. The minimum absolute atomic E-state index is 0.158. The number of esters is 1. The summed E-state index contributed by atoms with van der Waals surface area (Å²) in [6.45, 7) is 5.38. The highest BCUT2D eigenvalue weighted by atomic mass is 32.1. The summed E-state index contributed by atoms with van der Waals surface area (Å²) in [6.07, 6.45) is 1.53. The van der Waals surface area contributed by atoms with Crippen LogP contribution in [0.4, 0.5) is 0 Å². The summed E-state index contributed by atoms with van der Waals surface area (Å²) in [7, 11) is 1.60. The Kier molecular flexibility index (Phi) is 7.09. The Balaban J connectivity index is 1.60. The average molecular weight is 419 g/mol. The molecule has 0 aliphatic carbocycles. The van der Waals surface area contributed by atoms with Crippen LogP contribution in [-0.2, 0) is 16.1 Å². The highest BCUT2D eigenvalue weighted by Gasteiger charge is 2.30. The lowest BCUT2D eigenvalue weighted by Gasteiger charge is -2.31. The molecule has 0 N–H and O–H groups in total. The Morgan fingerprint density at radius 3 is 2.90 bits per heavy atom. The molecule has 0 spiro atoms. The maximum Gasteiger partial charge on any atom is 0.310 e. The van der Waals surface area contributed by atoms with E-state index in [0.717, 1.165) is 18.4 Å². The van der Waals surface area contributed by atoms with Crippen molar-refractivity contribution in [3.8, 4) is 11.5 Å². The number of ether oxygens (including phenoxy) is 3. The van der Waals surface area contributed by atoms with E-state index in [2.05, 4.69) is 4.98 Å². The van der Waals surface area contributed by atoms with Crippen LogP contribution >= 0.6 is 11.3 Å². The summed E-state index contributed by atoms with van der Waals surface area (Å²) in [5.41, 5.74) is 1.47. The molecule has 0 saturated carbocycles. The number of thiazole rings is 1. The molecule has 2 heterocycles. The standard InChI is InChI=1S/C21H26N2O5S/c1-4-27-21(25)15-6-5-9-23(11-15)20(24)16-13-29-19(22-16)12-28-17-8-7-14(2)10-18(17)26-3/h7-8,10,13,15H,4-6,9,11-12H2,1-3H3. The summed E-state index contributed by atoms with van der Waals surface area (Å²) < 4.78 is 16.3. The van der Waals surface area contributed by atoms with Gasteiger partial charge in [-0.25, -0.2) is 4.98 Å². The first-order chi connectivity index (χ1) is 14.0. The number of rotatable bonds is 7. The van der Waals surface area contributed by atoms with E-state index in [1.807, 2.05) is 25.1 Å². The van der Waals surface area contributed by atoms with Gasteiger partial charge in [0, 0.05) is 18.5 Å². The van der Waals surface area contributed by atoms with Gasteiger partial charge in [-0.05, 0) is 44.4 Å². The third-order valence-electron chi connectivity index (χ3n) is 4.77. The van der Waals surface area contributed by atoms with Crippen molar-refractivity contribution < 1.29 is 23.8 Å². The molecule has 1 saturated heterocycles. The summed E-state index contributed by atoms with van der Waals surface area (Å²) in [5.74, 6) is 0.646. The van der Waals surface area contributed by atoms with E-state index in [1.54, 1.807) is 24.3 Å². The van der Waals surface area contributed by atoms with Crippen LogP contribution in [0.5, 0.6) is 11.5 Å². The first-order valence-electron chi connectivity index (χ1n) is 9.69. The zero-order valence-corrected chi connectivity index (χ0v) is 17.8. The second kappa shape index (κ2) is 9.73. The van der Waals surface area contributed by atoms with Gasteiger partial charge < -0.3 is 19.1 Å². The van der Waals surface area contributed by atoms with Crippen LogP contribution in [0.2, 0.25) is 0 Å². The predicted octanol–water partition coefficient (Wildman–Crippen LogP) is 3.45. The van der Waals surface area contributed by atoms with Gasteiger partial charge in [-0.1, -0.05) is 6.07 Å². The molecule has 1 unspecified atom stereocenters. The Bertz CT molecular complexity index is 867. The molecule has 1 aliphatic heterocycles. The number of hydrogen-bond acceptors (Lipinski definition) is 7. The van der Waals surface area contributed by atoms with Crippen molar-refractivity contribution in [2.24, 2.45) is 5.92 Å². The zero-order valence-electron chi connectivity index (χ0n) is 17.0. The van der Waals surface area contributed by atoms with E-state index in [9.17, 15) is 9.59 Å². The Morgan fingerprint density at radius 2 is 2.14 bits per heavy atom. The van der Waals surface area contributed by atoms with E-state index < -0.39 is 0 Å². The molecule has 1 aromatic carbocycles. The third kappa shape index (κ3) is 5.26. The van der Waals surface area contributed by atoms with E-state index in [-0.39, 0.29) is 24.4 Å². The fourth-order valence-electron chi connectivity index (χ4n) is 3.29. The molecule has 2 aromatic rings. The largest absolute Gasteiger partial charge is 0.493 e. The van der Waals surface area contributed by atoms with Gasteiger partial charge in [0.25, 0.3) is 5.91 Å². The lowest BCUT2D eigenvalue weighted by Crippen LogP contribution is -2.43. The fraction of sp³-hybridized carbons (Fsp3) is 0.476. The number of carbonyl (C=O) groups is 2. The number of carbonyl (C=O) groups excluding carboxylic acids is 2. The van der Waals surface area contributed by atoms with Gasteiger partial charge in [0.1, 0.15) is 17.3 Å². The zero-order chi connectivity index (χ0) is 20.8. The number of benzene rings is 1. The molecule has 1 fully saturated rings. The van der Waals surface area contributed by atoms with Gasteiger partial charge in [0.05, 0.1) is 19.6 Å². The first-order valence-corrected chi connectivity index (χ1v) is 10.6. The van der Waals surface area contributed by atoms with E-state index in [0.29, 0.717) is 41.9 Å². The van der Waals surface area contributed by atoms with Crippen molar-refractivity contribution in [1.82, 2.24) is 9.88 Å². The molecule has 1 aliphatic rings. The second-order valence-electron chi connectivity index (χ2n) is 6.91. The molecule has 156 valence electrons. The molecule has 0 bridgehead atoms. The van der Waals surface area contributed by atoms with Crippen molar-refractivity contribution in [1.29, 1.82) is 0 Å². The number of piperidine rings is 1. The smallest absolute Gasteiger partial charge is 0.310 e. The van der Waals surface area contributed by atoms with Crippen molar-refractivity contribution in [2.75, 3.05) is 26.8 Å². The normalized spacial score (nSPS) is 16.4. The van der Waals surface area contributed by atoms with Crippen LogP contribution in [0.1, 0.15) is 40.8 Å². The van der Waals surface area contributed by atoms with E-state index >= 15 is 0 Å². The van der Waals surface area contributed by atoms with Gasteiger partial charge in [-0.2, -0.15) is 0 Å². The summed E-state index contributed by atoms with van der Waals surface area (Å²) >= 11 is 1.38. The molecule has 7 nitrogen and oxygen atoms in total. The maximum absolute atomic E-state index is 12.8. The quantitative estimate of drug-likeness (QED) is 0.641. The number of hydrogen-bond donors (Lipinski definition) is 0. The highest BCUT2D eigenvalue weighted by molar-refractivity contribution is 7.09. The minimum Gasteiger partial charge on any atom is -0.493 e. The highest BCUT2D eigenvalue weighted by Crippen LogP contribution is 2.29. The first kappa shape index (κ1) is 21.1. The molecule has 1 amide bonds. The second-order valence-corrected chi connectivity index (χ2v) is 7.85. The number of nitrogens with zero attached hydrogens (tertiary/aromatic N) is 2. The molecular weight excluding hydrogens is 392 g/mol. The molecule has 29 heavy (non-hydrogen) atoms. The number of methoxy groups -OCH3 is 1. The predicted molar refractivity (Wildman–Crippen MR) is 109 cm³/mol. The fourth-order valence-corrected chi connectivity index (χ4v) is 3.96. The van der Waals surface area contributed by atoms with Gasteiger partial charge >= 0.3 is 5.97 Å². The van der Waals surface area contributed by atoms with E-state index in [4.69, 9.17) is 14.2 Å². The molecule has 8 heteroatoms. The third-order valence-corrected chi connectivity index (χ3v) is 5.59. The summed E-state index contributed by atoms with van der Waals surface area (Å²) in [5, 5.41) is 2.44. The monoisotopic (exact) mass is 418 g/mol. The van der Waals surface area contributed by atoms with Crippen LogP contribution in [0.25, 0.3) is 0 Å². The van der Waals surface area contributed by atoms with Crippen LogP contribution in [0.3, 0.4) is 0 Å². The van der Waals surface area contributed by atoms with Crippen molar-refractivity contribution in [3.05, 3.63) is 39.8 Å². The lowest BCUT2D eigenvalue weighted by atomic mass is 9.98. The van der Waals surface area contributed by atoms with Gasteiger partial charge in [0.15, 0.2) is 11.5 Å². The van der Waals surface area contributed by atoms with Crippen LogP contribution in [-0.4, -0.2) is 48.6 Å². The Morgan fingerprint density at radius 1 is 1.31 bits per heavy atom. The number of aromatic nitrogens is 1. The van der Waals surface area contributed by atoms with Crippen LogP contribution < -0.4 is 9.47 Å². The minimum atomic E-state index is -0.261. The molecule has 3 rings (SSSR count). The topological polar surface area (TPSA) is 78.0 Å². The van der Waals surface area contributed by atoms with Crippen LogP contribution in [0, 0.1) is 12.8 Å². The average Bonchev–Trinajstić information content (AvgIpc) is 3.21. The van der Waals surface area contributed by atoms with Crippen LogP contribution in [0.15, 0.2) is 23.6 Å². The molecule has 1 aromatic heterocycles. The van der Waals surface area contributed by atoms with Crippen molar-refractivity contribution in [3.63, 3.8) is 0 Å². The molecule has 1 atom stereocenters. The Hall–Kier alpha value is -2.61. The summed E-state index contributed by atoms with van der Waals surface area (Å²) in [6, 6.07) is 5.71. The van der Waals surface area contributed by atoms with Crippen molar-refractivity contribution >= 4 is 23.2 Å². The van der Waals surface area contributed by atoms with Gasteiger partial charge in [-0.15, -0.1) is 11.3 Å². The molecule has 0 radical (unpaired) electrons. The van der Waals surface area contributed by atoms with E-state index in [1.165, 1.54) is 11.3 Å².